The van der Waals surface area contributed by atoms with E-state index in [1.807, 2.05) is 0 Å². The molecule has 1 aromatic rings. The van der Waals surface area contributed by atoms with Crippen LogP contribution in [0.4, 0.5) is 0 Å². The topological polar surface area (TPSA) is 90.7 Å². The van der Waals surface area contributed by atoms with Gasteiger partial charge in [-0.15, -0.1) is 0 Å². The Kier molecular flexibility index (Phi) is 6.51. The van der Waals surface area contributed by atoms with Gasteiger partial charge in [-0.3, -0.25) is 9.59 Å². The fourth-order valence-corrected chi connectivity index (χ4v) is 3.67. The van der Waals surface area contributed by atoms with Gasteiger partial charge < -0.3 is 20.5 Å². The van der Waals surface area contributed by atoms with Crippen molar-refractivity contribution in [3.05, 3.63) is 23.8 Å². The Morgan fingerprint density at radius 3 is 2.50 bits per heavy atom. The van der Waals surface area contributed by atoms with Crippen LogP contribution in [0.1, 0.15) is 56.8 Å². The van der Waals surface area contributed by atoms with Crippen molar-refractivity contribution in [1.82, 2.24) is 5.32 Å². The lowest BCUT2D eigenvalue weighted by Crippen LogP contribution is -2.46. The van der Waals surface area contributed by atoms with Gasteiger partial charge in [0.15, 0.2) is 18.1 Å². The third-order valence-electron chi connectivity index (χ3n) is 4.99. The van der Waals surface area contributed by atoms with Crippen molar-refractivity contribution in [2.45, 2.75) is 52.5 Å². The van der Waals surface area contributed by atoms with Crippen LogP contribution in [-0.2, 0) is 4.79 Å². The van der Waals surface area contributed by atoms with E-state index >= 15 is 0 Å². The minimum absolute atomic E-state index is 0.120. The molecule has 1 fully saturated rings. The van der Waals surface area contributed by atoms with Gasteiger partial charge >= 0.3 is 0 Å². The maximum absolute atomic E-state index is 12.7. The molecule has 0 unspecified atom stereocenters. The Morgan fingerprint density at radius 2 is 1.88 bits per heavy atom. The van der Waals surface area contributed by atoms with E-state index in [4.69, 9.17) is 15.2 Å². The number of carbonyl (C=O) groups excluding carboxylic acids is 2. The molecule has 26 heavy (non-hydrogen) atoms. The lowest BCUT2D eigenvalue weighted by molar-refractivity contribution is -0.119. The van der Waals surface area contributed by atoms with Crippen molar-refractivity contribution in [3.8, 4) is 11.5 Å². The average molecular weight is 362 g/mol. The minimum atomic E-state index is -0.570. The summed E-state index contributed by atoms with van der Waals surface area (Å²) in [6.07, 6.45) is 4.50. The molecule has 2 amide bonds. The van der Waals surface area contributed by atoms with E-state index in [-0.39, 0.29) is 24.0 Å². The fourth-order valence-electron chi connectivity index (χ4n) is 3.67. The van der Waals surface area contributed by atoms with E-state index in [1.165, 1.54) is 13.5 Å². The predicted molar refractivity (Wildman–Crippen MR) is 100 cm³/mol. The van der Waals surface area contributed by atoms with Crippen molar-refractivity contribution in [2.24, 2.45) is 17.1 Å². The highest BCUT2D eigenvalue weighted by Crippen LogP contribution is 2.38. The Morgan fingerprint density at radius 1 is 1.19 bits per heavy atom. The number of methoxy groups -OCH3 is 1. The first kappa shape index (κ1) is 20.1. The van der Waals surface area contributed by atoms with Crippen molar-refractivity contribution in [1.29, 1.82) is 0 Å². The number of rotatable bonds is 6. The smallest absolute Gasteiger partial charge is 0.255 e. The van der Waals surface area contributed by atoms with Crippen molar-refractivity contribution in [3.63, 3.8) is 0 Å². The van der Waals surface area contributed by atoms with Crippen molar-refractivity contribution in [2.75, 3.05) is 13.7 Å². The molecule has 1 saturated carbocycles. The number of carbonyl (C=O) groups is 2. The predicted octanol–water partition coefficient (Wildman–Crippen LogP) is 2.89. The zero-order chi connectivity index (χ0) is 19.3. The maximum atomic E-state index is 12.7. The Bertz CT molecular complexity index is 652. The molecule has 0 aromatic heterocycles. The SMILES string of the molecule is COc1cc(C(=O)N[C@H]2CCCC[C@H]2C(C)(C)C)ccc1OCC(N)=O. The van der Waals surface area contributed by atoms with Crippen LogP contribution in [0.3, 0.4) is 0 Å². The molecule has 6 nitrogen and oxygen atoms in total. The van der Waals surface area contributed by atoms with E-state index in [0.717, 1.165) is 19.3 Å². The standard InChI is InChI=1S/C20H30N2O4/c1-20(2,3)14-7-5-6-8-15(14)22-19(24)13-9-10-16(17(11-13)25-4)26-12-18(21)23/h9-11,14-15H,5-8,12H2,1-4H3,(H2,21,23)(H,22,24)/t14-,15+/m1/s1. The second kappa shape index (κ2) is 8.43. The summed E-state index contributed by atoms with van der Waals surface area (Å²) in [5.41, 5.74) is 5.75. The summed E-state index contributed by atoms with van der Waals surface area (Å²) in [5, 5.41) is 3.20. The Labute approximate surface area is 155 Å². The molecule has 0 bridgehead atoms. The van der Waals surface area contributed by atoms with Crippen molar-refractivity contribution >= 4 is 11.8 Å². The van der Waals surface area contributed by atoms with Gasteiger partial charge in [0, 0.05) is 11.6 Å². The van der Waals surface area contributed by atoms with Gasteiger partial charge in [-0.1, -0.05) is 33.6 Å². The normalized spacial score (nSPS) is 20.3. The highest BCUT2D eigenvalue weighted by atomic mass is 16.5. The fraction of sp³-hybridized carbons (Fsp3) is 0.600. The lowest BCUT2D eigenvalue weighted by Gasteiger charge is -2.40. The second-order valence-electron chi connectivity index (χ2n) is 7.96. The summed E-state index contributed by atoms with van der Waals surface area (Å²) < 4.78 is 10.6. The number of nitrogens with two attached hydrogens (primary N) is 1. The number of nitrogens with one attached hydrogen (secondary N) is 1. The number of amides is 2. The van der Waals surface area contributed by atoms with Crippen LogP contribution in [0.15, 0.2) is 18.2 Å². The summed E-state index contributed by atoms with van der Waals surface area (Å²) in [6, 6.07) is 5.09. The number of hydrogen-bond acceptors (Lipinski definition) is 4. The van der Waals surface area contributed by atoms with Crippen LogP contribution >= 0.6 is 0 Å². The van der Waals surface area contributed by atoms with Crippen LogP contribution in [0, 0.1) is 11.3 Å². The average Bonchev–Trinajstić information content (AvgIpc) is 2.59. The molecule has 1 aliphatic carbocycles. The third kappa shape index (κ3) is 5.13. The van der Waals surface area contributed by atoms with Crippen LogP contribution in [0.5, 0.6) is 11.5 Å². The maximum Gasteiger partial charge on any atom is 0.255 e. The first-order valence-corrected chi connectivity index (χ1v) is 9.12. The second-order valence-corrected chi connectivity index (χ2v) is 7.96. The quantitative estimate of drug-likeness (QED) is 0.814. The Hall–Kier alpha value is -2.24. The molecule has 1 aliphatic rings. The molecule has 2 atom stereocenters. The number of ether oxygens (including phenoxy) is 2. The van der Waals surface area contributed by atoms with Gasteiger partial charge in [-0.2, -0.15) is 0 Å². The number of hydrogen-bond donors (Lipinski definition) is 2. The molecule has 0 radical (unpaired) electrons. The summed E-state index contributed by atoms with van der Waals surface area (Å²) in [5.74, 6) is 0.550. The largest absolute Gasteiger partial charge is 0.493 e. The van der Waals surface area contributed by atoms with Gasteiger partial charge in [-0.25, -0.2) is 0 Å². The summed E-state index contributed by atoms with van der Waals surface area (Å²) in [6.45, 7) is 6.46. The van der Waals surface area contributed by atoms with E-state index in [9.17, 15) is 9.59 Å². The molecular weight excluding hydrogens is 332 g/mol. The molecule has 2 rings (SSSR count). The molecule has 0 spiro atoms. The van der Waals surface area contributed by atoms with Crippen LogP contribution < -0.4 is 20.5 Å². The summed E-state index contributed by atoms with van der Waals surface area (Å²) in [7, 11) is 1.49. The van der Waals surface area contributed by atoms with Crippen LogP contribution in [-0.4, -0.2) is 31.6 Å². The highest BCUT2D eigenvalue weighted by molar-refractivity contribution is 5.95. The molecule has 0 heterocycles. The van der Waals surface area contributed by atoms with E-state index in [0.29, 0.717) is 23.0 Å². The van der Waals surface area contributed by atoms with E-state index in [2.05, 4.69) is 26.1 Å². The molecule has 0 aliphatic heterocycles. The monoisotopic (exact) mass is 362 g/mol. The molecule has 6 heteroatoms. The third-order valence-corrected chi connectivity index (χ3v) is 4.99. The molecule has 1 aromatic carbocycles. The van der Waals surface area contributed by atoms with Crippen molar-refractivity contribution < 1.29 is 19.1 Å². The van der Waals surface area contributed by atoms with Gasteiger partial charge in [0.1, 0.15) is 0 Å². The van der Waals surface area contributed by atoms with E-state index in [1.54, 1.807) is 18.2 Å². The molecule has 144 valence electrons. The first-order chi connectivity index (χ1) is 12.2. The van der Waals surface area contributed by atoms with Gasteiger partial charge in [0.25, 0.3) is 11.8 Å². The van der Waals surface area contributed by atoms with Gasteiger partial charge in [-0.05, 0) is 42.4 Å². The first-order valence-electron chi connectivity index (χ1n) is 9.12. The minimum Gasteiger partial charge on any atom is -0.493 e. The number of benzene rings is 1. The molecular formula is C20H30N2O4. The molecule has 3 N–H and O–H groups in total. The zero-order valence-electron chi connectivity index (χ0n) is 16.1. The van der Waals surface area contributed by atoms with E-state index < -0.39 is 5.91 Å². The zero-order valence-corrected chi connectivity index (χ0v) is 16.1. The highest BCUT2D eigenvalue weighted by Gasteiger charge is 2.35. The number of primary amides is 1. The summed E-state index contributed by atoms with van der Waals surface area (Å²) in [4.78, 5) is 23.6. The van der Waals surface area contributed by atoms with Gasteiger partial charge in [0.2, 0.25) is 0 Å². The van der Waals surface area contributed by atoms with Crippen LogP contribution in [0.2, 0.25) is 0 Å². The van der Waals surface area contributed by atoms with Crippen LogP contribution in [0.25, 0.3) is 0 Å². The molecule has 0 saturated heterocycles. The lowest BCUT2D eigenvalue weighted by atomic mass is 9.69. The summed E-state index contributed by atoms with van der Waals surface area (Å²) >= 11 is 0. The van der Waals surface area contributed by atoms with Gasteiger partial charge in [0.05, 0.1) is 7.11 Å². The Balaban J connectivity index is 2.12.